The number of imide groups is 1. The Morgan fingerprint density at radius 2 is 1.67 bits per heavy atom. The summed E-state index contributed by atoms with van der Waals surface area (Å²) < 4.78 is 39.3. The van der Waals surface area contributed by atoms with E-state index in [1.54, 1.807) is 26.0 Å². The maximum Gasteiger partial charge on any atom is 0.417 e. The summed E-state index contributed by atoms with van der Waals surface area (Å²) in [5.74, 6) is -2.40. The largest absolute Gasteiger partial charge is 0.417 e. The number of carbonyl (C=O) groups is 3. The molecule has 0 bridgehead atoms. The highest BCUT2D eigenvalue weighted by Gasteiger charge is 2.44. The van der Waals surface area contributed by atoms with Gasteiger partial charge in [0.25, 0.3) is 11.8 Å². The summed E-state index contributed by atoms with van der Waals surface area (Å²) in [6.07, 6.45) is -4.24. The molecule has 0 aromatic heterocycles. The van der Waals surface area contributed by atoms with Gasteiger partial charge in [-0.25, -0.2) is 0 Å². The van der Waals surface area contributed by atoms with Gasteiger partial charge in [-0.1, -0.05) is 44.0 Å². The summed E-state index contributed by atoms with van der Waals surface area (Å²) in [6, 6.07) is 8.00. The summed E-state index contributed by atoms with van der Waals surface area (Å²) in [7, 11) is 0. The van der Waals surface area contributed by atoms with Gasteiger partial charge in [0.2, 0.25) is 5.91 Å². The van der Waals surface area contributed by atoms with E-state index in [4.69, 9.17) is 11.6 Å². The van der Waals surface area contributed by atoms with Gasteiger partial charge in [0.05, 0.1) is 21.7 Å². The number of halogens is 4. The van der Waals surface area contributed by atoms with Gasteiger partial charge in [-0.3, -0.25) is 19.3 Å². The van der Waals surface area contributed by atoms with Crippen molar-refractivity contribution >= 4 is 35.0 Å². The summed E-state index contributed by atoms with van der Waals surface area (Å²) in [5, 5.41) is 1.90. The van der Waals surface area contributed by atoms with Crippen molar-refractivity contribution in [3.8, 4) is 0 Å². The second-order valence-corrected chi connectivity index (χ2v) is 7.45. The first-order valence-corrected chi connectivity index (χ1v) is 9.58. The molecule has 0 fully saturated rings. The molecule has 2 aromatic carbocycles. The van der Waals surface area contributed by atoms with E-state index in [0.29, 0.717) is 6.42 Å². The van der Waals surface area contributed by atoms with Gasteiger partial charge in [-0.15, -0.1) is 0 Å². The first-order chi connectivity index (χ1) is 14.1. The van der Waals surface area contributed by atoms with Gasteiger partial charge < -0.3 is 5.32 Å². The molecule has 0 spiro atoms. The van der Waals surface area contributed by atoms with Crippen LogP contribution in [0.3, 0.4) is 0 Å². The Bertz CT molecular complexity index is 988. The summed E-state index contributed by atoms with van der Waals surface area (Å²) >= 11 is 5.62. The van der Waals surface area contributed by atoms with Crippen LogP contribution in [0.25, 0.3) is 0 Å². The number of carbonyl (C=O) groups excluding carboxylic acids is 3. The van der Waals surface area contributed by atoms with Crippen LogP contribution in [0.5, 0.6) is 0 Å². The third-order valence-electron chi connectivity index (χ3n) is 5.09. The van der Waals surface area contributed by atoms with Crippen molar-refractivity contribution in [3.63, 3.8) is 0 Å². The van der Waals surface area contributed by atoms with Gasteiger partial charge in [0.1, 0.15) is 6.04 Å². The van der Waals surface area contributed by atoms with Crippen molar-refractivity contribution in [2.24, 2.45) is 5.92 Å². The molecule has 5 nitrogen and oxygen atoms in total. The minimum atomic E-state index is -4.70. The molecule has 3 rings (SSSR count). The monoisotopic (exact) mass is 438 g/mol. The van der Waals surface area contributed by atoms with Crippen LogP contribution in [0, 0.1) is 5.92 Å². The van der Waals surface area contributed by atoms with Gasteiger partial charge in [0, 0.05) is 5.69 Å². The minimum absolute atomic E-state index is 0.137. The van der Waals surface area contributed by atoms with Crippen molar-refractivity contribution < 1.29 is 27.6 Å². The maximum absolute atomic E-state index is 13.1. The molecule has 0 saturated heterocycles. The lowest BCUT2D eigenvalue weighted by Gasteiger charge is -2.29. The average Bonchev–Trinajstić information content (AvgIpc) is 2.94. The molecule has 9 heteroatoms. The molecule has 158 valence electrons. The highest BCUT2D eigenvalue weighted by Crippen LogP contribution is 2.36. The van der Waals surface area contributed by atoms with E-state index in [9.17, 15) is 27.6 Å². The SMILES string of the molecule is CC[C@H](C)[C@H](C(=O)Nc1ccc(Cl)c(C(F)(F)F)c1)N1C(=O)c2ccccc2C1=O. The quantitative estimate of drug-likeness (QED) is 0.667. The second kappa shape index (κ2) is 8.10. The number of amides is 3. The predicted molar refractivity (Wildman–Crippen MR) is 105 cm³/mol. The number of benzene rings is 2. The van der Waals surface area contributed by atoms with Crippen LogP contribution < -0.4 is 5.32 Å². The molecule has 0 aliphatic carbocycles. The highest BCUT2D eigenvalue weighted by atomic mass is 35.5. The third-order valence-corrected chi connectivity index (χ3v) is 5.42. The van der Waals surface area contributed by atoms with E-state index in [2.05, 4.69) is 5.32 Å². The van der Waals surface area contributed by atoms with Gasteiger partial charge in [0.15, 0.2) is 0 Å². The van der Waals surface area contributed by atoms with Crippen LogP contribution in [0.1, 0.15) is 46.5 Å². The first kappa shape index (κ1) is 21.8. The zero-order valence-electron chi connectivity index (χ0n) is 16.1. The molecule has 2 aromatic rings. The zero-order chi connectivity index (χ0) is 22.2. The molecule has 0 unspecified atom stereocenters. The third kappa shape index (κ3) is 3.92. The molecule has 1 N–H and O–H groups in total. The van der Waals surface area contributed by atoms with Crippen molar-refractivity contribution in [1.29, 1.82) is 0 Å². The molecule has 1 heterocycles. The zero-order valence-corrected chi connectivity index (χ0v) is 16.8. The Hall–Kier alpha value is -2.87. The topological polar surface area (TPSA) is 66.5 Å². The minimum Gasteiger partial charge on any atom is -0.324 e. The van der Waals surface area contributed by atoms with Crippen LogP contribution in [-0.2, 0) is 11.0 Å². The molecule has 30 heavy (non-hydrogen) atoms. The van der Waals surface area contributed by atoms with Crippen LogP contribution >= 0.6 is 11.6 Å². The smallest absolute Gasteiger partial charge is 0.324 e. The van der Waals surface area contributed by atoms with Crippen LogP contribution in [-0.4, -0.2) is 28.7 Å². The molecule has 2 atom stereocenters. The molecular formula is C21H18ClF3N2O3. The van der Waals surface area contributed by atoms with E-state index < -0.39 is 46.4 Å². The standard InChI is InChI=1S/C21H18ClF3N2O3/c1-3-11(2)17(27-19(29)13-6-4-5-7-14(13)20(27)30)18(28)26-12-8-9-16(22)15(10-12)21(23,24)25/h4-11,17H,3H2,1-2H3,(H,26,28)/t11-,17+/m0/s1. The van der Waals surface area contributed by atoms with E-state index in [1.165, 1.54) is 18.2 Å². The van der Waals surface area contributed by atoms with Crippen LogP contribution in [0.2, 0.25) is 5.02 Å². The van der Waals surface area contributed by atoms with E-state index >= 15 is 0 Å². The van der Waals surface area contributed by atoms with Crippen LogP contribution in [0.15, 0.2) is 42.5 Å². The number of nitrogens with zero attached hydrogens (tertiary/aromatic N) is 1. The molecule has 0 saturated carbocycles. The lowest BCUT2D eigenvalue weighted by molar-refractivity contribution is -0.137. The first-order valence-electron chi connectivity index (χ1n) is 9.20. The molecule has 0 radical (unpaired) electrons. The van der Waals surface area contributed by atoms with E-state index in [1.807, 2.05) is 0 Å². The van der Waals surface area contributed by atoms with Gasteiger partial charge in [-0.2, -0.15) is 13.2 Å². The average molecular weight is 439 g/mol. The van der Waals surface area contributed by atoms with E-state index in [0.717, 1.165) is 17.0 Å². The fourth-order valence-corrected chi connectivity index (χ4v) is 3.58. The second-order valence-electron chi connectivity index (χ2n) is 7.04. The summed E-state index contributed by atoms with van der Waals surface area (Å²) in [5.41, 5.74) is -0.853. The fraction of sp³-hybridized carbons (Fsp3) is 0.286. The Balaban J connectivity index is 1.94. The number of nitrogens with one attached hydrogen (secondary N) is 1. The fourth-order valence-electron chi connectivity index (χ4n) is 3.35. The molecule has 1 aliphatic rings. The van der Waals surface area contributed by atoms with Gasteiger partial charge in [-0.05, 0) is 36.2 Å². The molecular weight excluding hydrogens is 421 g/mol. The van der Waals surface area contributed by atoms with Crippen molar-refractivity contribution in [3.05, 3.63) is 64.2 Å². The van der Waals surface area contributed by atoms with Crippen molar-refractivity contribution in [2.75, 3.05) is 5.32 Å². The van der Waals surface area contributed by atoms with Crippen molar-refractivity contribution in [1.82, 2.24) is 4.90 Å². The Labute approximate surface area is 175 Å². The molecule has 3 amide bonds. The summed E-state index contributed by atoms with van der Waals surface area (Å²) in [4.78, 5) is 39.5. The predicted octanol–water partition coefficient (Wildman–Crippen LogP) is 5.01. The summed E-state index contributed by atoms with van der Waals surface area (Å²) in [6.45, 7) is 3.48. The number of fused-ring (bicyclic) bond motifs is 1. The van der Waals surface area contributed by atoms with E-state index in [-0.39, 0.29) is 16.8 Å². The molecule has 1 aliphatic heterocycles. The number of alkyl halides is 3. The number of anilines is 1. The Morgan fingerprint density at radius 1 is 1.10 bits per heavy atom. The Morgan fingerprint density at radius 3 is 2.17 bits per heavy atom. The van der Waals surface area contributed by atoms with Gasteiger partial charge >= 0.3 is 6.18 Å². The number of hydrogen-bond acceptors (Lipinski definition) is 3. The normalized spacial score (nSPS) is 15.7. The van der Waals surface area contributed by atoms with Crippen molar-refractivity contribution in [2.45, 2.75) is 32.5 Å². The number of rotatable bonds is 5. The maximum atomic E-state index is 13.1. The van der Waals surface area contributed by atoms with Crippen LogP contribution in [0.4, 0.5) is 18.9 Å². The lowest BCUT2D eigenvalue weighted by atomic mass is 9.96. The highest BCUT2D eigenvalue weighted by molar-refractivity contribution is 6.31. The number of hydrogen-bond donors (Lipinski definition) is 1. The Kier molecular flexibility index (Phi) is 5.90. The lowest BCUT2D eigenvalue weighted by Crippen LogP contribution is -2.50.